The normalized spacial score (nSPS) is 18.2. The molecule has 12 heteroatoms. The van der Waals surface area contributed by atoms with Crippen molar-refractivity contribution in [2.24, 2.45) is 0 Å². The average molecular weight is 647 g/mol. The van der Waals surface area contributed by atoms with Gasteiger partial charge in [-0.1, -0.05) is 24.3 Å². The van der Waals surface area contributed by atoms with Gasteiger partial charge in [0, 0.05) is 49.4 Å². The van der Waals surface area contributed by atoms with Crippen LogP contribution in [0.5, 0.6) is 17.2 Å². The number of piperidine rings is 1. The summed E-state index contributed by atoms with van der Waals surface area (Å²) in [7, 11) is 1.57. The molecule has 48 heavy (non-hydrogen) atoms. The molecular weight excluding hydrogens is 612 g/mol. The van der Waals surface area contributed by atoms with Crippen LogP contribution >= 0.6 is 0 Å². The summed E-state index contributed by atoms with van der Waals surface area (Å²) in [6.45, 7) is 2.65. The zero-order chi connectivity index (χ0) is 33.2. The number of nitrogens with one attached hydrogen (secondary N) is 2. The molecule has 1 fully saturated rings. The largest absolute Gasteiger partial charge is 0.496 e. The molecule has 0 radical (unpaired) electrons. The summed E-state index contributed by atoms with van der Waals surface area (Å²) in [5, 5.41) is 10.3. The van der Waals surface area contributed by atoms with Gasteiger partial charge in [-0.3, -0.25) is 14.4 Å². The summed E-state index contributed by atoms with van der Waals surface area (Å²) in [6.07, 6.45) is 3.27. The van der Waals surface area contributed by atoms with Crippen molar-refractivity contribution in [3.8, 4) is 28.4 Å². The van der Waals surface area contributed by atoms with Crippen molar-refractivity contribution in [3.05, 3.63) is 108 Å². The van der Waals surface area contributed by atoms with Gasteiger partial charge in [0.2, 0.25) is 0 Å². The third-order valence-corrected chi connectivity index (χ3v) is 8.72. The molecular formula is C36H34N6O6. The second-order valence-corrected chi connectivity index (χ2v) is 11.8. The second kappa shape index (κ2) is 13.1. The first kappa shape index (κ1) is 30.7. The van der Waals surface area contributed by atoms with Gasteiger partial charge in [0.15, 0.2) is 12.3 Å². The summed E-state index contributed by atoms with van der Waals surface area (Å²) >= 11 is 0. The van der Waals surface area contributed by atoms with Crippen LogP contribution in [0.2, 0.25) is 0 Å². The van der Waals surface area contributed by atoms with Gasteiger partial charge in [-0.2, -0.15) is 5.10 Å². The highest BCUT2D eigenvalue weighted by Crippen LogP contribution is 2.33. The number of methoxy groups -OCH3 is 1. The maximum Gasteiger partial charge on any atom is 0.258 e. The van der Waals surface area contributed by atoms with Gasteiger partial charge < -0.3 is 29.7 Å². The Bertz CT molecular complexity index is 2010. The van der Waals surface area contributed by atoms with E-state index < -0.39 is 12.1 Å². The number of likely N-dealkylation sites (tertiary alicyclic amines) is 1. The Balaban J connectivity index is 1.22. The van der Waals surface area contributed by atoms with Gasteiger partial charge in [0.1, 0.15) is 23.4 Å². The number of carbonyl (C=O) groups excluding carboxylic acids is 3. The molecule has 6 bridgehead atoms. The smallest absolute Gasteiger partial charge is 0.258 e. The Morgan fingerprint density at radius 1 is 1.00 bits per heavy atom. The van der Waals surface area contributed by atoms with E-state index in [-0.39, 0.29) is 30.9 Å². The SMILES string of the molecule is COc1ccc2cc1-c1cccc(c1)OCC(=O)NCc1ccc(cc1)O[C@@H]1CCN(C(=O)c3cnc4ccnn4c3C)C[C@H]1NC2=O. The minimum atomic E-state index is -0.538. The molecule has 1 saturated heterocycles. The molecule has 0 spiro atoms. The first-order valence-corrected chi connectivity index (χ1v) is 15.7. The number of hydrogen-bond donors (Lipinski definition) is 2. The van der Waals surface area contributed by atoms with Crippen LogP contribution in [0.1, 0.15) is 38.4 Å². The number of aromatic nitrogens is 3. The Hall–Kier alpha value is -5.91. The molecule has 12 nitrogen and oxygen atoms in total. The first-order chi connectivity index (χ1) is 23.4. The zero-order valence-electron chi connectivity index (χ0n) is 26.5. The lowest BCUT2D eigenvalue weighted by atomic mass is 9.98. The van der Waals surface area contributed by atoms with Crippen LogP contribution in [0.3, 0.4) is 0 Å². The van der Waals surface area contributed by atoms with Crippen LogP contribution in [0, 0.1) is 6.92 Å². The lowest BCUT2D eigenvalue weighted by Gasteiger charge is -2.39. The van der Waals surface area contributed by atoms with Gasteiger partial charge >= 0.3 is 0 Å². The minimum Gasteiger partial charge on any atom is -0.496 e. The molecule has 0 aliphatic carbocycles. The van der Waals surface area contributed by atoms with E-state index in [1.165, 1.54) is 0 Å². The zero-order valence-corrected chi connectivity index (χ0v) is 26.5. The summed E-state index contributed by atoms with van der Waals surface area (Å²) < 4.78 is 19.5. The number of nitrogens with zero attached hydrogens (tertiary/aromatic N) is 4. The fourth-order valence-electron chi connectivity index (χ4n) is 6.11. The lowest BCUT2D eigenvalue weighted by molar-refractivity contribution is -0.123. The molecule has 3 aliphatic heterocycles. The van der Waals surface area contributed by atoms with Gasteiger partial charge in [0.25, 0.3) is 17.7 Å². The van der Waals surface area contributed by atoms with Crippen molar-refractivity contribution in [1.29, 1.82) is 0 Å². The van der Waals surface area contributed by atoms with Crippen molar-refractivity contribution in [2.45, 2.75) is 32.0 Å². The number of ether oxygens (including phenoxy) is 3. The average Bonchev–Trinajstić information content (AvgIpc) is 3.60. The lowest BCUT2D eigenvalue weighted by Crippen LogP contribution is -2.58. The molecule has 0 saturated carbocycles. The van der Waals surface area contributed by atoms with Gasteiger partial charge in [0.05, 0.1) is 30.6 Å². The van der Waals surface area contributed by atoms with Crippen LogP contribution in [0.4, 0.5) is 0 Å². The Labute approximate surface area is 276 Å². The number of hydrogen-bond acceptors (Lipinski definition) is 8. The van der Waals surface area contributed by atoms with E-state index in [0.717, 1.165) is 11.1 Å². The Morgan fingerprint density at radius 2 is 1.85 bits per heavy atom. The molecule has 3 aromatic carbocycles. The van der Waals surface area contributed by atoms with Crippen molar-refractivity contribution in [2.75, 3.05) is 26.8 Å². The molecule has 0 unspecified atom stereocenters. The van der Waals surface area contributed by atoms with Gasteiger partial charge in [-0.05, 0) is 60.5 Å². The molecule has 2 aromatic heterocycles. The van der Waals surface area contributed by atoms with Crippen molar-refractivity contribution >= 4 is 23.4 Å². The number of carbonyl (C=O) groups is 3. The van der Waals surface area contributed by atoms with E-state index in [4.69, 9.17) is 14.2 Å². The summed E-state index contributed by atoms with van der Waals surface area (Å²) in [4.78, 5) is 46.4. The van der Waals surface area contributed by atoms with Crippen LogP contribution in [0.15, 0.2) is 85.2 Å². The third-order valence-electron chi connectivity index (χ3n) is 8.72. The van der Waals surface area contributed by atoms with E-state index in [1.54, 1.807) is 65.3 Å². The summed E-state index contributed by atoms with van der Waals surface area (Å²) in [6, 6.07) is 21.1. The van der Waals surface area contributed by atoms with Crippen LogP contribution < -0.4 is 24.8 Å². The highest BCUT2D eigenvalue weighted by molar-refractivity contribution is 5.97. The van der Waals surface area contributed by atoms with Crippen molar-refractivity contribution < 1.29 is 28.6 Å². The highest BCUT2D eigenvalue weighted by Gasteiger charge is 2.35. The maximum atomic E-state index is 13.9. The van der Waals surface area contributed by atoms with E-state index in [9.17, 15) is 14.4 Å². The standard InChI is InChI=1S/C36H34N6O6/c1-22-29(19-37-33-12-14-39-42(22)33)36(45)41-15-13-32-30(20-41)40-35(44)25-8-11-31(46-2)28(17-25)24-4-3-5-27(16-24)47-21-34(43)38-18-23-6-9-26(48-32)10-7-23/h3-12,14,16-17,19,30,32H,13,15,18,20-21H2,1-2H3,(H,38,43)(H,40,44)/t30-,32-/m1/s1. The molecule has 5 heterocycles. The van der Waals surface area contributed by atoms with E-state index >= 15 is 0 Å². The number of rotatable bonds is 2. The second-order valence-electron chi connectivity index (χ2n) is 11.8. The van der Waals surface area contributed by atoms with Gasteiger partial charge in [-0.25, -0.2) is 9.50 Å². The molecule has 3 amide bonds. The fraction of sp³-hybridized carbons (Fsp3) is 0.250. The predicted molar refractivity (Wildman–Crippen MR) is 176 cm³/mol. The monoisotopic (exact) mass is 646 g/mol. The Kier molecular flexibility index (Phi) is 8.37. The molecule has 2 N–H and O–H groups in total. The van der Waals surface area contributed by atoms with Gasteiger partial charge in [-0.15, -0.1) is 0 Å². The highest BCUT2D eigenvalue weighted by atomic mass is 16.5. The number of amides is 3. The van der Waals surface area contributed by atoms with Crippen molar-refractivity contribution in [3.63, 3.8) is 0 Å². The van der Waals surface area contributed by atoms with E-state index in [2.05, 4.69) is 20.7 Å². The molecule has 3 aliphatic rings. The molecule has 8 rings (SSSR count). The molecule has 244 valence electrons. The minimum absolute atomic E-state index is 0.152. The fourth-order valence-corrected chi connectivity index (χ4v) is 6.11. The predicted octanol–water partition coefficient (Wildman–Crippen LogP) is 3.81. The van der Waals surface area contributed by atoms with Crippen LogP contribution in [-0.4, -0.2) is 76.2 Å². The number of fused-ring (bicyclic) bond motifs is 8. The quantitative estimate of drug-likeness (QED) is 0.296. The number of benzene rings is 3. The summed E-state index contributed by atoms with van der Waals surface area (Å²) in [5.74, 6) is 0.906. The van der Waals surface area contributed by atoms with Crippen molar-refractivity contribution in [1.82, 2.24) is 30.1 Å². The van der Waals surface area contributed by atoms with E-state index in [0.29, 0.717) is 64.8 Å². The van der Waals surface area contributed by atoms with Crippen LogP contribution in [0.25, 0.3) is 16.8 Å². The third kappa shape index (κ3) is 6.24. The topological polar surface area (TPSA) is 136 Å². The Morgan fingerprint density at radius 3 is 2.69 bits per heavy atom. The molecule has 2 atom stereocenters. The molecule has 5 aromatic rings. The van der Waals surface area contributed by atoms with E-state index in [1.807, 2.05) is 43.3 Å². The number of aryl methyl sites for hydroxylation is 1. The maximum absolute atomic E-state index is 13.9. The summed E-state index contributed by atoms with van der Waals surface area (Å²) in [5.41, 5.74) is 4.51. The first-order valence-electron chi connectivity index (χ1n) is 15.7. The van der Waals surface area contributed by atoms with Crippen LogP contribution in [-0.2, 0) is 11.3 Å².